The number of para-hydroxylation sites is 1. The zero-order valence-corrected chi connectivity index (χ0v) is 23.3. The van der Waals surface area contributed by atoms with Crippen LogP contribution >= 0.6 is 23.2 Å². The van der Waals surface area contributed by atoms with Crippen LogP contribution < -0.4 is 9.62 Å². The number of halogens is 3. The molecule has 2 aromatic carbocycles. The second kappa shape index (κ2) is 12.9. The predicted octanol–water partition coefficient (Wildman–Crippen LogP) is 5.15. The van der Waals surface area contributed by atoms with E-state index in [2.05, 4.69) is 5.32 Å². The van der Waals surface area contributed by atoms with Crippen LogP contribution in [0, 0.1) is 5.82 Å². The zero-order chi connectivity index (χ0) is 27.2. The quantitative estimate of drug-likeness (QED) is 0.404. The third-order valence-electron chi connectivity index (χ3n) is 6.53. The summed E-state index contributed by atoms with van der Waals surface area (Å²) in [5.41, 5.74) is 0.435. The SMILES string of the molecule is CC(C(=O)NC1CCCC1)N(Cc1c(Cl)cccc1Cl)C(=O)CCCN(c1ccccc1F)S(C)(=O)=O. The number of benzene rings is 2. The molecule has 2 aromatic rings. The normalized spacial score (nSPS) is 14.8. The van der Waals surface area contributed by atoms with Gasteiger partial charge in [-0.05, 0) is 50.5 Å². The molecule has 0 heterocycles. The van der Waals surface area contributed by atoms with Gasteiger partial charge in [-0.3, -0.25) is 13.9 Å². The lowest BCUT2D eigenvalue weighted by atomic mass is 10.1. The van der Waals surface area contributed by atoms with Crippen molar-refractivity contribution in [2.75, 3.05) is 17.1 Å². The number of carbonyl (C=O) groups is 2. The van der Waals surface area contributed by atoms with Crippen molar-refractivity contribution >= 4 is 50.7 Å². The van der Waals surface area contributed by atoms with Gasteiger partial charge in [-0.2, -0.15) is 0 Å². The number of nitrogens with zero attached hydrogens (tertiary/aromatic N) is 2. The number of carbonyl (C=O) groups excluding carboxylic acids is 2. The van der Waals surface area contributed by atoms with Gasteiger partial charge < -0.3 is 10.2 Å². The molecule has 0 saturated heterocycles. The Kier molecular flexibility index (Phi) is 10.2. The summed E-state index contributed by atoms with van der Waals surface area (Å²) >= 11 is 12.7. The highest BCUT2D eigenvalue weighted by molar-refractivity contribution is 7.92. The van der Waals surface area contributed by atoms with Gasteiger partial charge in [0.2, 0.25) is 21.8 Å². The van der Waals surface area contributed by atoms with Gasteiger partial charge in [-0.25, -0.2) is 12.8 Å². The summed E-state index contributed by atoms with van der Waals surface area (Å²) in [6.45, 7) is 1.56. The Morgan fingerprint density at radius 1 is 1.08 bits per heavy atom. The van der Waals surface area contributed by atoms with Crippen molar-refractivity contribution in [3.05, 3.63) is 63.9 Å². The molecule has 0 aliphatic heterocycles. The number of sulfonamides is 1. The van der Waals surface area contributed by atoms with Crippen molar-refractivity contribution in [2.45, 2.75) is 64.1 Å². The summed E-state index contributed by atoms with van der Waals surface area (Å²) in [4.78, 5) is 27.9. The van der Waals surface area contributed by atoms with E-state index in [1.54, 1.807) is 31.2 Å². The van der Waals surface area contributed by atoms with Crippen molar-refractivity contribution in [1.82, 2.24) is 10.2 Å². The first-order valence-electron chi connectivity index (χ1n) is 12.2. The predicted molar refractivity (Wildman–Crippen MR) is 145 cm³/mol. The van der Waals surface area contributed by atoms with Crippen LogP contribution in [0.2, 0.25) is 10.0 Å². The largest absolute Gasteiger partial charge is 0.352 e. The van der Waals surface area contributed by atoms with E-state index in [9.17, 15) is 22.4 Å². The maximum absolute atomic E-state index is 14.3. The molecule has 11 heteroatoms. The van der Waals surface area contributed by atoms with Gasteiger partial charge in [0.15, 0.2) is 0 Å². The van der Waals surface area contributed by atoms with Gasteiger partial charge >= 0.3 is 0 Å². The van der Waals surface area contributed by atoms with Gasteiger partial charge in [-0.1, -0.05) is 54.2 Å². The number of hydrogen-bond donors (Lipinski definition) is 1. The second-order valence-corrected chi connectivity index (χ2v) is 12.0. The number of hydrogen-bond acceptors (Lipinski definition) is 4. The zero-order valence-electron chi connectivity index (χ0n) is 20.9. The number of amides is 2. The third-order valence-corrected chi connectivity index (χ3v) is 8.42. The van der Waals surface area contributed by atoms with Crippen LogP contribution in [0.25, 0.3) is 0 Å². The first-order valence-corrected chi connectivity index (χ1v) is 14.8. The average molecular weight is 573 g/mol. The Morgan fingerprint density at radius 2 is 1.70 bits per heavy atom. The minimum atomic E-state index is -3.79. The van der Waals surface area contributed by atoms with E-state index in [1.807, 2.05) is 0 Å². The van der Waals surface area contributed by atoms with E-state index in [1.165, 1.54) is 23.1 Å². The number of rotatable bonds is 11. The molecular weight excluding hydrogens is 540 g/mol. The monoisotopic (exact) mass is 571 g/mol. The standard InChI is InChI=1S/C26H32Cl2FN3O4S/c1-18(26(34)30-19-9-3-4-10-19)31(17-20-21(27)11-7-12-22(20)28)25(33)15-8-16-32(37(2,35)36)24-14-6-5-13-23(24)29/h5-7,11-14,18-19H,3-4,8-10,15-17H2,1-2H3,(H,30,34). The second-order valence-electron chi connectivity index (χ2n) is 9.28. The lowest BCUT2D eigenvalue weighted by Crippen LogP contribution is -2.49. The first-order chi connectivity index (χ1) is 17.5. The van der Waals surface area contributed by atoms with Gasteiger partial charge in [0, 0.05) is 41.2 Å². The Hall–Kier alpha value is -2.36. The van der Waals surface area contributed by atoms with Crippen LogP contribution in [0.1, 0.15) is 51.0 Å². The molecule has 1 atom stereocenters. The van der Waals surface area contributed by atoms with Crippen LogP contribution in [0.5, 0.6) is 0 Å². The third kappa shape index (κ3) is 7.82. The molecule has 7 nitrogen and oxygen atoms in total. The molecule has 1 aliphatic rings. The molecule has 0 spiro atoms. The van der Waals surface area contributed by atoms with E-state index in [0.717, 1.165) is 36.2 Å². The summed E-state index contributed by atoms with van der Waals surface area (Å²) in [5.74, 6) is -1.31. The van der Waals surface area contributed by atoms with Gasteiger partial charge in [-0.15, -0.1) is 0 Å². The molecule has 202 valence electrons. The Morgan fingerprint density at radius 3 is 2.30 bits per heavy atom. The molecule has 1 fully saturated rings. The molecule has 37 heavy (non-hydrogen) atoms. The molecule has 1 unspecified atom stereocenters. The van der Waals surface area contributed by atoms with Crippen molar-refractivity contribution in [2.24, 2.45) is 0 Å². The fraction of sp³-hybridized carbons (Fsp3) is 0.462. The van der Waals surface area contributed by atoms with Gasteiger partial charge in [0.05, 0.1) is 11.9 Å². The lowest BCUT2D eigenvalue weighted by molar-refractivity contribution is -0.140. The summed E-state index contributed by atoms with van der Waals surface area (Å²) in [5, 5.41) is 3.77. The van der Waals surface area contributed by atoms with Crippen molar-refractivity contribution < 1.29 is 22.4 Å². The minimum absolute atomic E-state index is 0.0136. The highest BCUT2D eigenvalue weighted by Gasteiger charge is 2.30. The maximum atomic E-state index is 14.3. The van der Waals surface area contributed by atoms with Crippen LogP contribution in [0.15, 0.2) is 42.5 Å². The summed E-state index contributed by atoms with van der Waals surface area (Å²) in [7, 11) is -3.79. The molecule has 0 radical (unpaired) electrons. The fourth-order valence-electron chi connectivity index (χ4n) is 4.46. The van der Waals surface area contributed by atoms with E-state index >= 15 is 0 Å². The fourth-order valence-corrected chi connectivity index (χ4v) is 5.95. The molecular formula is C26H32Cl2FN3O4S. The number of nitrogens with one attached hydrogen (secondary N) is 1. The molecule has 2 amide bonds. The van der Waals surface area contributed by atoms with Crippen LogP contribution in [0.3, 0.4) is 0 Å². The van der Waals surface area contributed by atoms with Crippen molar-refractivity contribution in [3.8, 4) is 0 Å². The number of anilines is 1. The highest BCUT2D eigenvalue weighted by atomic mass is 35.5. The first kappa shape index (κ1) is 29.2. The Bertz CT molecular complexity index is 1200. The van der Waals surface area contributed by atoms with E-state index in [4.69, 9.17) is 23.2 Å². The lowest BCUT2D eigenvalue weighted by Gasteiger charge is -2.30. The van der Waals surface area contributed by atoms with Crippen LogP contribution in [-0.4, -0.2) is 50.0 Å². The molecule has 1 saturated carbocycles. The van der Waals surface area contributed by atoms with Gasteiger partial charge in [0.1, 0.15) is 11.9 Å². The minimum Gasteiger partial charge on any atom is -0.352 e. The molecule has 0 aromatic heterocycles. The van der Waals surface area contributed by atoms with Crippen molar-refractivity contribution in [3.63, 3.8) is 0 Å². The molecule has 1 N–H and O–H groups in total. The van der Waals surface area contributed by atoms with Crippen LogP contribution in [0.4, 0.5) is 10.1 Å². The van der Waals surface area contributed by atoms with Crippen molar-refractivity contribution in [1.29, 1.82) is 0 Å². The van der Waals surface area contributed by atoms with E-state index < -0.39 is 21.9 Å². The Balaban J connectivity index is 1.77. The highest BCUT2D eigenvalue weighted by Crippen LogP contribution is 2.28. The summed E-state index contributed by atoms with van der Waals surface area (Å²) in [6.07, 6.45) is 4.95. The summed E-state index contributed by atoms with van der Waals surface area (Å²) < 4.78 is 40.0. The summed E-state index contributed by atoms with van der Waals surface area (Å²) in [6, 6.07) is 9.86. The van der Waals surface area contributed by atoms with Crippen LogP contribution in [-0.2, 0) is 26.2 Å². The topological polar surface area (TPSA) is 86.8 Å². The van der Waals surface area contributed by atoms with E-state index in [-0.39, 0.29) is 49.5 Å². The molecule has 0 bridgehead atoms. The maximum Gasteiger partial charge on any atom is 0.242 e. The molecule has 1 aliphatic carbocycles. The molecule has 3 rings (SSSR count). The van der Waals surface area contributed by atoms with E-state index in [0.29, 0.717) is 15.6 Å². The smallest absolute Gasteiger partial charge is 0.242 e. The average Bonchev–Trinajstić information content (AvgIpc) is 3.34. The Labute approximate surface area is 228 Å². The van der Waals surface area contributed by atoms with Gasteiger partial charge in [0.25, 0.3) is 0 Å².